The first-order valence-corrected chi connectivity index (χ1v) is 5.03. The van der Waals surface area contributed by atoms with Gasteiger partial charge in [-0.1, -0.05) is 13.0 Å². The lowest BCUT2D eigenvalue weighted by molar-refractivity contribution is 0.0948. The maximum absolute atomic E-state index is 11.7. The first kappa shape index (κ1) is 9.71. The molecule has 0 fully saturated rings. The van der Waals surface area contributed by atoms with Gasteiger partial charge in [-0.3, -0.25) is 9.20 Å². The number of fused-ring (bicyclic) bond motifs is 1. The summed E-state index contributed by atoms with van der Waals surface area (Å²) in [6.07, 6.45) is 4.37. The number of amides is 1. The highest BCUT2D eigenvalue weighted by Crippen LogP contribution is 2.05. The summed E-state index contributed by atoms with van der Waals surface area (Å²) in [6, 6.07) is 5.65. The fraction of sp³-hybridized carbons (Fsp3) is 0.273. The van der Waals surface area contributed by atoms with Gasteiger partial charge in [0.2, 0.25) is 0 Å². The van der Waals surface area contributed by atoms with Gasteiger partial charge >= 0.3 is 0 Å². The molecule has 2 aromatic heterocycles. The van der Waals surface area contributed by atoms with E-state index in [0.717, 1.165) is 12.1 Å². The fourth-order valence-electron chi connectivity index (χ4n) is 1.43. The van der Waals surface area contributed by atoms with Crippen molar-refractivity contribution >= 4 is 11.6 Å². The maximum atomic E-state index is 11.7. The van der Waals surface area contributed by atoms with Crippen LogP contribution in [0.15, 0.2) is 30.6 Å². The highest BCUT2D eigenvalue weighted by molar-refractivity contribution is 5.93. The zero-order valence-electron chi connectivity index (χ0n) is 8.60. The number of hydrogen-bond donors (Lipinski definition) is 1. The van der Waals surface area contributed by atoms with Gasteiger partial charge in [0.1, 0.15) is 11.3 Å². The molecule has 0 atom stereocenters. The number of nitrogens with one attached hydrogen (secondary N) is 1. The third-order valence-corrected chi connectivity index (χ3v) is 2.19. The van der Waals surface area contributed by atoms with Crippen LogP contribution in [-0.2, 0) is 0 Å². The summed E-state index contributed by atoms with van der Waals surface area (Å²) in [7, 11) is 0. The minimum atomic E-state index is -0.0736. The molecule has 1 N–H and O–H groups in total. The molecule has 0 spiro atoms. The molecular weight excluding hydrogens is 190 g/mol. The standard InChI is InChI=1S/C11H13N3O/c1-2-6-12-11(15)9-8-13-10-5-3-4-7-14(9)10/h3-5,7-8H,2,6H2,1H3,(H,12,15). The second-order valence-corrected chi connectivity index (χ2v) is 3.33. The van der Waals surface area contributed by atoms with E-state index in [1.54, 1.807) is 10.6 Å². The van der Waals surface area contributed by atoms with Gasteiger partial charge in [0, 0.05) is 12.7 Å². The van der Waals surface area contributed by atoms with E-state index >= 15 is 0 Å². The zero-order valence-corrected chi connectivity index (χ0v) is 8.60. The lowest BCUT2D eigenvalue weighted by Crippen LogP contribution is -2.25. The van der Waals surface area contributed by atoms with Crippen LogP contribution in [0.3, 0.4) is 0 Å². The maximum Gasteiger partial charge on any atom is 0.269 e. The monoisotopic (exact) mass is 203 g/mol. The van der Waals surface area contributed by atoms with Gasteiger partial charge in [0.05, 0.1) is 6.20 Å². The molecule has 0 aliphatic carbocycles. The fourth-order valence-corrected chi connectivity index (χ4v) is 1.43. The Labute approximate surface area is 87.9 Å². The van der Waals surface area contributed by atoms with Crippen molar-refractivity contribution < 1.29 is 4.79 Å². The predicted molar refractivity (Wildman–Crippen MR) is 57.8 cm³/mol. The summed E-state index contributed by atoms with van der Waals surface area (Å²) in [5, 5.41) is 2.83. The molecule has 4 heteroatoms. The minimum absolute atomic E-state index is 0.0736. The molecule has 0 aliphatic heterocycles. The van der Waals surface area contributed by atoms with Crippen molar-refractivity contribution in [2.24, 2.45) is 0 Å². The summed E-state index contributed by atoms with van der Waals surface area (Å²) < 4.78 is 1.78. The van der Waals surface area contributed by atoms with Gasteiger partial charge < -0.3 is 5.32 Å². The molecule has 2 aromatic rings. The van der Waals surface area contributed by atoms with E-state index < -0.39 is 0 Å². The molecule has 0 radical (unpaired) electrons. The van der Waals surface area contributed by atoms with Gasteiger partial charge in [-0.2, -0.15) is 0 Å². The van der Waals surface area contributed by atoms with Crippen molar-refractivity contribution in [3.05, 3.63) is 36.3 Å². The number of carbonyl (C=O) groups is 1. The third-order valence-electron chi connectivity index (χ3n) is 2.19. The summed E-state index contributed by atoms with van der Waals surface area (Å²) in [5.41, 5.74) is 1.37. The normalized spacial score (nSPS) is 10.5. The largest absolute Gasteiger partial charge is 0.351 e. The summed E-state index contributed by atoms with van der Waals surface area (Å²) in [4.78, 5) is 15.9. The Kier molecular flexibility index (Phi) is 2.67. The molecule has 0 bridgehead atoms. The third kappa shape index (κ3) is 1.83. The van der Waals surface area contributed by atoms with Gasteiger partial charge in [0.25, 0.3) is 5.91 Å². The van der Waals surface area contributed by atoms with Crippen LogP contribution in [-0.4, -0.2) is 21.8 Å². The number of rotatable bonds is 3. The second kappa shape index (κ2) is 4.13. The van der Waals surface area contributed by atoms with Crippen molar-refractivity contribution in [2.75, 3.05) is 6.54 Å². The molecule has 0 unspecified atom stereocenters. The topological polar surface area (TPSA) is 46.4 Å². The van der Waals surface area contributed by atoms with E-state index in [4.69, 9.17) is 0 Å². The van der Waals surface area contributed by atoms with Gasteiger partial charge in [-0.15, -0.1) is 0 Å². The number of hydrogen-bond acceptors (Lipinski definition) is 2. The average molecular weight is 203 g/mol. The Balaban J connectivity index is 2.31. The van der Waals surface area contributed by atoms with E-state index in [2.05, 4.69) is 10.3 Å². The number of nitrogens with zero attached hydrogens (tertiary/aromatic N) is 2. The predicted octanol–water partition coefficient (Wildman–Crippen LogP) is 1.47. The second-order valence-electron chi connectivity index (χ2n) is 3.33. The molecule has 2 rings (SSSR count). The van der Waals surface area contributed by atoms with Crippen molar-refractivity contribution in [3.63, 3.8) is 0 Å². The molecule has 2 heterocycles. The van der Waals surface area contributed by atoms with Crippen LogP contribution in [0.2, 0.25) is 0 Å². The Morgan fingerprint density at radius 3 is 3.20 bits per heavy atom. The van der Waals surface area contributed by atoms with E-state index in [-0.39, 0.29) is 5.91 Å². The molecular formula is C11H13N3O. The Morgan fingerprint density at radius 1 is 1.53 bits per heavy atom. The Hall–Kier alpha value is -1.84. The molecule has 0 saturated heterocycles. The zero-order chi connectivity index (χ0) is 10.7. The summed E-state index contributed by atoms with van der Waals surface area (Å²) in [6.45, 7) is 2.72. The van der Waals surface area contributed by atoms with Crippen LogP contribution in [0.4, 0.5) is 0 Å². The molecule has 78 valence electrons. The molecule has 0 aliphatic rings. The number of aromatic nitrogens is 2. The highest BCUT2D eigenvalue weighted by atomic mass is 16.1. The highest BCUT2D eigenvalue weighted by Gasteiger charge is 2.09. The summed E-state index contributed by atoms with van der Waals surface area (Å²) >= 11 is 0. The van der Waals surface area contributed by atoms with E-state index in [1.807, 2.05) is 31.3 Å². The van der Waals surface area contributed by atoms with Crippen molar-refractivity contribution in [1.29, 1.82) is 0 Å². The minimum Gasteiger partial charge on any atom is -0.351 e. The van der Waals surface area contributed by atoms with Gasteiger partial charge in [0.15, 0.2) is 0 Å². The van der Waals surface area contributed by atoms with Crippen molar-refractivity contribution in [3.8, 4) is 0 Å². The SMILES string of the molecule is CCCNC(=O)c1cnc2ccccn12. The molecule has 1 amide bonds. The number of carbonyl (C=O) groups excluding carboxylic acids is 1. The van der Waals surface area contributed by atoms with Crippen LogP contribution in [0.1, 0.15) is 23.8 Å². The summed E-state index contributed by atoms with van der Waals surface area (Å²) in [5.74, 6) is -0.0736. The first-order valence-electron chi connectivity index (χ1n) is 5.03. The van der Waals surface area contributed by atoms with E-state index in [0.29, 0.717) is 12.2 Å². The van der Waals surface area contributed by atoms with Crippen LogP contribution >= 0.6 is 0 Å². The number of imidazole rings is 1. The van der Waals surface area contributed by atoms with Crippen LogP contribution in [0.5, 0.6) is 0 Å². The van der Waals surface area contributed by atoms with Crippen LogP contribution in [0.25, 0.3) is 5.65 Å². The van der Waals surface area contributed by atoms with Crippen molar-refractivity contribution in [1.82, 2.24) is 14.7 Å². The van der Waals surface area contributed by atoms with Crippen LogP contribution in [0, 0.1) is 0 Å². The Bertz CT molecular complexity index is 475. The van der Waals surface area contributed by atoms with E-state index in [1.165, 1.54) is 0 Å². The lowest BCUT2D eigenvalue weighted by atomic mass is 10.4. The average Bonchev–Trinajstić information content (AvgIpc) is 2.69. The molecule has 0 aromatic carbocycles. The lowest BCUT2D eigenvalue weighted by Gasteiger charge is -2.02. The van der Waals surface area contributed by atoms with Gasteiger partial charge in [-0.25, -0.2) is 4.98 Å². The van der Waals surface area contributed by atoms with Crippen molar-refractivity contribution in [2.45, 2.75) is 13.3 Å². The molecule has 15 heavy (non-hydrogen) atoms. The smallest absolute Gasteiger partial charge is 0.269 e. The molecule has 4 nitrogen and oxygen atoms in total. The van der Waals surface area contributed by atoms with Crippen LogP contribution < -0.4 is 5.32 Å². The quantitative estimate of drug-likeness (QED) is 0.821. The Morgan fingerprint density at radius 2 is 2.40 bits per heavy atom. The van der Waals surface area contributed by atoms with E-state index in [9.17, 15) is 4.79 Å². The van der Waals surface area contributed by atoms with Gasteiger partial charge in [-0.05, 0) is 18.6 Å². The number of pyridine rings is 1. The molecule has 0 saturated carbocycles. The first-order chi connectivity index (χ1) is 7.33.